The number of benzene rings is 1. The first-order valence-corrected chi connectivity index (χ1v) is 6.75. The third-order valence-electron chi connectivity index (χ3n) is 3.57. The number of nitrogens with one attached hydrogen (secondary N) is 1. The van der Waals surface area contributed by atoms with Gasteiger partial charge in [-0.05, 0) is 18.1 Å². The third kappa shape index (κ3) is 1.83. The minimum absolute atomic E-state index is 0.0294. The fraction of sp³-hybridized carbons (Fsp3) is 0.308. The predicted molar refractivity (Wildman–Crippen MR) is 80.0 cm³/mol. The van der Waals surface area contributed by atoms with Crippen molar-refractivity contribution in [2.75, 3.05) is 6.61 Å². The molecule has 0 bridgehead atoms. The molecule has 0 saturated carbocycles. The summed E-state index contributed by atoms with van der Waals surface area (Å²) >= 11 is 9.38. The van der Waals surface area contributed by atoms with Gasteiger partial charge >= 0.3 is 0 Å². The Bertz CT molecular complexity index is 608. The van der Waals surface area contributed by atoms with Crippen molar-refractivity contribution in [1.82, 2.24) is 9.88 Å². The summed E-state index contributed by atoms with van der Waals surface area (Å²) < 4.78 is 0.540. The number of rotatable bonds is 1. The molecule has 3 nitrogen and oxygen atoms in total. The number of para-hydroxylation sites is 1. The van der Waals surface area contributed by atoms with Crippen LogP contribution >= 0.6 is 24.8 Å². The Morgan fingerprint density at radius 1 is 1.50 bits per heavy atom. The highest BCUT2D eigenvalue weighted by Crippen LogP contribution is 2.30. The number of H-pyrrole nitrogens is 1. The van der Waals surface area contributed by atoms with Crippen LogP contribution in [0.4, 0.5) is 0 Å². The normalized spacial score (nSPS) is 19.0. The molecule has 0 unspecified atom stereocenters. The number of hydrogen-bond donors (Lipinski definition) is 3. The number of thiol groups is 1. The van der Waals surface area contributed by atoms with Gasteiger partial charge in [-0.3, -0.25) is 0 Å². The zero-order valence-electron chi connectivity index (χ0n) is 9.76. The SMILES string of the molecule is OC[C@H]1Cc2c([nH]c3ccccc23)CN1C(=S)S. The van der Waals surface area contributed by atoms with Gasteiger partial charge in [-0.1, -0.05) is 30.4 Å². The number of aliphatic hydroxyl groups excluding tert-OH is 1. The molecule has 0 radical (unpaired) electrons. The second kappa shape index (κ2) is 4.57. The van der Waals surface area contributed by atoms with Crippen molar-refractivity contribution in [3.05, 3.63) is 35.5 Å². The number of nitrogens with zero attached hydrogens (tertiary/aromatic N) is 1. The summed E-state index contributed by atoms with van der Waals surface area (Å²) in [5, 5.41) is 10.7. The Morgan fingerprint density at radius 3 is 3.00 bits per heavy atom. The van der Waals surface area contributed by atoms with Gasteiger partial charge in [-0.2, -0.15) is 0 Å². The highest BCUT2D eigenvalue weighted by Gasteiger charge is 2.28. The minimum atomic E-state index is 0.0294. The molecule has 1 aliphatic heterocycles. The lowest BCUT2D eigenvalue weighted by atomic mass is 9.98. The molecule has 2 N–H and O–H groups in total. The summed E-state index contributed by atoms with van der Waals surface area (Å²) in [5.41, 5.74) is 3.62. The zero-order chi connectivity index (χ0) is 12.7. The van der Waals surface area contributed by atoms with Crippen molar-refractivity contribution in [2.45, 2.75) is 19.0 Å². The van der Waals surface area contributed by atoms with Crippen LogP contribution in [0.3, 0.4) is 0 Å². The van der Waals surface area contributed by atoms with Crippen LogP contribution in [0.25, 0.3) is 10.9 Å². The van der Waals surface area contributed by atoms with Gasteiger partial charge in [0.15, 0.2) is 0 Å². The molecule has 1 atom stereocenters. The summed E-state index contributed by atoms with van der Waals surface area (Å²) in [6.45, 7) is 0.789. The van der Waals surface area contributed by atoms with Crippen LogP contribution in [0.5, 0.6) is 0 Å². The van der Waals surface area contributed by atoms with E-state index in [9.17, 15) is 5.11 Å². The molecule has 1 aromatic carbocycles. The molecule has 94 valence electrons. The van der Waals surface area contributed by atoms with Gasteiger partial charge in [0.05, 0.1) is 19.2 Å². The van der Waals surface area contributed by atoms with Gasteiger partial charge in [0.25, 0.3) is 0 Å². The van der Waals surface area contributed by atoms with Crippen LogP contribution < -0.4 is 0 Å². The number of thiocarbonyl (C=S) groups is 1. The summed E-state index contributed by atoms with van der Waals surface area (Å²) in [4.78, 5) is 5.40. The van der Waals surface area contributed by atoms with Crippen LogP contribution in [-0.2, 0) is 13.0 Å². The van der Waals surface area contributed by atoms with Crippen LogP contribution in [0.2, 0.25) is 0 Å². The van der Waals surface area contributed by atoms with Crippen molar-refractivity contribution in [3.63, 3.8) is 0 Å². The predicted octanol–water partition coefficient (Wildman–Crippen LogP) is 2.10. The summed E-state index contributed by atoms with van der Waals surface area (Å²) in [5.74, 6) is 0. The molecule has 0 spiro atoms. The van der Waals surface area contributed by atoms with E-state index in [-0.39, 0.29) is 12.6 Å². The van der Waals surface area contributed by atoms with Crippen molar-refractivity contribution in [3.8, 4) is 0 Å². The lowest BCUT2D eigenvalue weighted by Gasteiger charge is -2.35. The molecule has 2 heterocycles. The van der Waals surface area contributed by atoms with E-state index in [2.05, 4.69) is 29.7 Å². The lowest BCUT2D eigenvalue weighted by molar-refractivity contribution is 0.170. The van der Waals surface area contributed by atoms with Crippen LogP contribution in [0, 0.1) is 0 Å². The van der Waals surface area contributed by atoms with Crippen molar-refractivity contribution in [2.24, 2.45) is 0 Å². The Hall–Kier alpha value is -1.04. The minimum Gasteiger partial charge on any atom is -0.394 e. The fourth-order valence-corrected chi connectivity index (χ4v) is 3.10. The first kappa shape index (κ1) is 12.0. The van der Waals surface area contributed by atoms with Crippen LogP contribution in [0.15, 0.2) is 24.3 Å². The Balaban J connectivity index is 2.09. The average molecular weight is 278 g/mol. The first-order chi connectivity index (χ1) is 8.70. The molecule has 0 amide bonds. The van der Waals surface area contributed by atoms with Gasteiger partial charge in [-0.25, -0.2) is 0 Å². The Labute approximate surface area is 116 Å². The van der Waals surface area contributed by atoms with E-state index in [1.54, 1.807) is 0 Å². The molecular formula is C13H14N2OS2. The van der Waals surface area contributed by atoms with Gasteiger partial charge in [0, 0.05) is 16.6 Å². The van der Waals surface area contributed by atoms with Gasteiger partial charge in [0.1, 0.15) is 4.32 Å². The van der Waals surface area contributed by atoms with Gasteiger partial charge < -0.3 is 15.0 Å². The third-order valence-corrected chi connectivity index (χ3v) is 4.06. The van der Waals surface area contributed by atoms with Gasteiger partial charge in [0.2, 0.25) is 0 Å². The molecule has 0 aliphatic carbocycles. The maximum absolute atomic E-state index is 9.50. The van der Waals surface area contributed by atoms with Crippen LogP contribution in [-0.4, -0.2) is 32.0 Å². The Kier molecular flexibility index (Phi) is 3.05. The molecule has 1 aromatic heterocycles. The zero-order valence-corrected chi connectivity index (χ0v) is 11.5. The van der Waals surface area contributed by atoms with Crippen molar-refractivity contribution >= 4 is 40.1 Å². The summed E-state index contributed by atoms with van der Waals surface area (Å²) in [7, 11) is 0. The quantitative estimate of drug-likeness (QED) is 0.552. The largest absolute Gasteiger partial charge is 0.394 e. The fourth-order valence-electron chi connectivity index (χ4n) is 2.66. The molecular weight excluding hydrogens is 264 g/mol. The second-order valence-corrected chi connectivity index (χ2v) is 5.69. The number of hydrogen-bond acceptors (Lipinski definition) is 2. The Morgan fingerprint density at radius 2 is 2.28 bits per heavy atom. The number of fused-ring (bicyclic) bond motifs is 3. The van der Waals surface area contributed by atoms with E-state index in [0.29, 0.717) is 10.9 Å². The highest BCUT2D eigenvalue weighted by atomic mass is 32.1. The van der Waals surface area contributed by atoms with E-state index < -0.39 is 0 Å². The van der Waals surface area contributed by atoms with Crippen molar-refractivity contribution in [1.29, 1.82) is 0 Å². The van der Waals surface area contributed by atoms with E-state index in [4.69, 9.17) is 12.2 Å². The maximum Gasteiger partial charge on any atom is 0.133 e. The standard InChI is InChI=1S/C13H14N2OS2/c16-7-8-5-10-9-3-1-2-4-11(9)14-12(10)6-15(8)13(17)18/h1-4,8,14,16H,5-7H2,(H,17,18)/t8-/m1/s1. The molecule has 0 saturated heterocycles. The monoisotopic (exact) mass is 278 g/mol. The molecule has 18 heavy (non-hydrogen) atoms. The lowest BCUT2D eigenvalue weighted by Crippen LogP contribution is -2.43. The van der Waals surface area contributed by atoms with Crippen LogP contribution in [0.1, 0.15) is 11.3 Å². The molecule has 1 aliphatic rings. The van der Waals surface area contributed by atoms with Gasteiger partial charge in [-0.15, -0.1) is 12.6 Å². The average Bonchev–Trinajstić information content (AvgIpc) is 2.74. The highest BCUT2D eigenvalue weighted by molar-refractivity contribution is 8.10. The second-order valence-electron chi connectivity index (χ2n) is 4.58. The van der Waals surface area contributed by atoms with E-state index in [1.807, 2.05) is 17.0 Å². The molecule has 5 heteroatoms. The number of aliphatic hydroxyl groups is 1. The van der Waals surface area contributed by atoms with E-state index in [1.165, 1.54) is 16.6 Å². The topological polar surface area (TPSA) is 39.3 Å². The molecule has 0 fully saturated rings. The first-order valence-electron chi connectivity index (χ1n) is 5.89. The molecule has 2 aromatic rings. The van der Waals surface area contributed by atoms with E-state index >= 15 is 0 Å². The summed E-state index contributed by atoms with van der Waals surface area (Å²) in [6, 6.07) is 8.29. The summed E-state index contributed by atoms with van der Waals surface area (Å²) in [6.07, 6.45) is 0.802. The van der Waals surface area contributed by atoms with E-state index in [0.717, 1.165) is 11.9 Å². The number of aromatic nitrogens is 1. The van der Waals surface area contributed by atoms with Crippen molar-refractivity contribution < 1.29 is 5.11 Å². The molecule has 3 rings (SSSR count). The number of aromatic amines is 1. The maximum atomic E-state index is 9.50. The smallest absolute Gasteiger partial charge is 0.133 e.